The van der Waals surface area contributed by atoms with Gasteiger partial charge in [0.1, 0.15) is 6.04 Å². The molecule has 9 heteroatoms. The minimum Gasteiger partial charge on any atom is -0.351 e. The number of nitrogens with one attached hydrogen (secondary N) is 3. The molecule has 0 spiro atoms. The molecule has 1 aliphatic carbocycles. The Labute approximate surface area is 237 Å². The van der Waals surface area contributed by atoms with Crippen molar-refractivity contribution in [1.29, 1.82) is 0 Å². The van der Waals surface area contributed by atoms with E-state index in [2.05, 4.69) is 35.0 Å². The van der Waals surface area contributed by atoms with E-state index in [-0.39, 0.29) is 23.8 Å². The molecular formula is C30H45N5O3S. The van der Waals surface area contributed by atoms with E-state index in [0.717, 1.165) is 40.9 Å². The number of carbonyl (C=O) groups excluding carboxylic acids is 3. The second kappa shape index (κ2) is 15.7. The number of hydrogen-bond acceptors (Lipinski definition) is 6. The Bertz CT molecular complexity index is 1120. The lowest BCUT2D eigenvalue weighted by molar-refractivity contribution is -0.129. The van der Waals surface area contributed by atoms with Crippen LogP contribution in [0.15, 0.2) is 30.4 Å². The molecule has 1 heterocycles. The number of hydrogen-bond donors (Lipinski definition) is 3. The quantitative estimate of drug-likeness (QED) is 0.306. The van der Waals surface area contributed by atoms with Crippen LogP contribution in [0, 0.1) is 5.92 Å². The van der Waals surface area contributed by atoms with Gasteiger partial charge in [0.25, 0.3) is 0 Å². The molecule has 2 atom stereocenters. The highest BCUT2D eigenvalue weighted by Crippen LogP contribution is 2.28. The molecule has 8 nitrogen and oxygen atoms in total. The summed E-state index contributed by atoms with van der Waals surface area (Å²) < 4.78 is 1.09. The third-order valence-electron chi connectivity index (χ3n) is 7.21. The zero-order valence-electron chi connectivity index (χ0n) is 23.9. The Balaban J connectivity index is 1.71. The molecule has 1 fully saturated rings. The Morgan fingerprint density at radius 1 is 1.13 bits per heavy atom. The summed E-state index contributed by atoms with van der Waals surface area (Å²) >= 11 is 1.57. The molecule has 1 aromatic carbocycles. The molecule has 0 aliphatic heterocycles. The summed E-state index contributed by atoms with van der Waals surface area (Å²) in [6.07, 6.45) is 11.7. The smallest absolute Gasteiger partial charge is 0.243 e. The van der Waals surface area contributed by atoms with Crippen molar-refractivity contribution in [3.63, 3.8) is 0 Å². The standard InChI is InChI=1S/C30H45N5O3S/c1-5-21-14-15-24-26(18-21)39-29(34-24)19-25(33-27(36)6-2)30(38)32-23(17-22-11-8-7-9-12-22)20-31-28(37)13-10-16-35(3)4/h10,13-15,18,22-23,25H,5-9,11-12,16-17,19-20H2,1-4H3,(H,31,37)(H,32,38)(H,33,36)/b13-10+/t23-,25-/m0/s1. The first kappa shape index (κ1) is 30.8. The average molecular weight is 556 g/mol. The summed E-state index contributed by atoms with van der Waals surface area (Å²) in [6.45, 7) is 4.93. The Hall–Kier alpha value is -2.78. The highest BCUT2D eigenvalue weighted by Gasteiger charge is 2.27. The number of fused-ring (bicyclic) bond motifs is 1. The minimum atomic E-state index is -0.729. The summed E-state index contributed by atoms with van der Waals surface area (Å²) in [5.74, 6) is -0.0568. The second-order valence-corrected chi connectivity index (χ2v) is 11.9. The molecule has 1 aliphatic rings. The van der Waals surface area contributed by atoms with Crippen LogP contribution >= 0.6 is 11.3 Å². The average Bonchev–Trinajstić information content (AvgIpc) is 3.33. The summed E-state index contributed by atoms with van der Waals surface area (Å²) in [5.41, 5.74) is 2.16. The maximum Gasteiger partial charge on any atom is 0.243 e. The number of aryl methyl sites for hydroxylation is 1. The van der Waals surface area contributed by atoms with E-state index >= 15 is 0 Å². The van der Waals surface area contributed by atoms with Crippen LogP contribution in [0.25, 0.3) is 10.2 Å². The molecule has 1 aromatic heterocycles. The van der Waals surface area contributed by atoms with Crippen LogP contribution in [0.5, 0.6) is 0 Å². The summed E-state index contributed by atoms with van der Waals surface area (Å²) in [5, 5.41) is 9.86. The Morgan fingerprint density at radius 2 is 1.90 bits per heavy atom. The number of carbonyl (C=O) groups is 3. The number of thiazole rings is 1. The second-order valence-electron chi connectivity index (χ2n) is 10.8. The van der Waals surface area contributed by atoms with Crippen LogP contribution < -0.4 is 16.0 Å². The van der Waals surface area contributed by atoms with Crippen LogP contribution in [0.1, 0.15) is 69.4 Å². The minimum absolute atomic E-state index is 0.170. The highest BCUT2D eigenvalue weighted by molar-refractivity contribution is 7.18. The van der Waals surface area contributed by atoms with Gasteiger partial charge in [0.2, 0.25) is 17.7 Å². The van der Waals surface area contributed by atoms with Crippen LogP contribution in [0.4, 0.5) is 0 Å². The van der Waals surface area contributed by atoms with E-state index in [9.17, 15) is 14.4 Å². The number of likely N-dealkylation sites (N-methyl/N-ethyl adjacent to an activating group) is 1. The lowest BCUT2D eigenvalue weighted by Gasteiger charge is -2.28. The first-order valence-electron chi connectivity index (χ1n) is 14.3. The zero-order chi connectivity index (χ0) is 28.2. The molecule has 214 valence electrons. The van der Waals surface area contributed by atoms with Gasteiger partial charge in [-0.25, -0.2) is 4.98 Å². The van der Waals surface area contributed by atoms with E-state index in [0.29, 0.717) is 31.8 Å². The van der Waals surface area contributed by atoms with Gasteiger partial charge in [-0.05, 0) is 50.6 Å². The maximum absolute atomic E-state index is 13.6. The van der Waals surface area contributed by atoms with Crippen molar-refractivity contribution in [2.24, 2.45) is 5.92 Å². The van der Waals surface area contributed by atoms with Crippen molar-refractivity contribution in [1.82, 2.24) is 25.8 Å². The SMILES string of the molecule is CCC(=O)N[C@@H](Cc1nc2ccc(CC)cc2s1)C(=O)N[C@H](CNC(=O)/C=C/CN(C)C)CC1CCCCC1. The molecule has 0 saturated heterocycles. The molecule has 1 saturated carbocycles. The van der Waals surface area contributed by atoms with Crippen molar-refractivity contribution in [3.05, 3.63) is 40.9 Å². The molecule has 3 N–H and O–H groups in total. The fourth-order valence-electron chi connectivity index (χ4n) is 4.98. The topological polar surface area (TPSA) is 103 Å². The number of rotatable bonds is 14. The molecular weight excluding hydrogens is 510 g/mol. The lowest BCUT2D eigenvalue weighted by atomic mass is 9.84. The van der Waals surface area contributed by atoms with Gasteiger partial charge in [-0.1, -0.05) is 58.1 Å². The molecule has 0 radical (unpaired) electrons. The molecule has 2 aromatic rings. The molecule has 39 heavy (non-hydrogen) atoms. The first-order chi connectivity index (χ1) is 18.8. The molecule has 0 unspecified atom stereocenters. The summed E-state index contributed by atoms with van der Waals surface area (Å²) in [7, 11) is 3.89. The number of amides is 3. The summed E-state index contributed by atoms with van der Waals surface area (Å²) in [4.78, 5) is 45.1. The van der Waals surface area contributed by atoms with Crippen LogP contribution in [0.2, 0.25) is 0 Å². The van der Waals surface area contributed by atoms with Crippen molar-refractivity contribution >= 4 is 39.3 Å². The maximum atomic E-state index is 13.6. The van der Waals surface area contributed by atoms with E-state index < -0.39 is 6.04 Å². The monoisotopic (exact) mass is 555 g/mol. The van der Waals surface area contributed by atoms with Gasteiger partial charge in [-0.2, -0.15) is 0 Å². The van der Waals surface area contributed by atoms with E-state index in [1.807, 2.05) is 31.1 Å². The van der Waals surface area contributed by atoms with E-state index in [1.54, 1.807) is 24.3 Å². The molecule has 0 bridgehead atoms. The third-order valence-corrected chi connectivity index (χ3v) is 8.25. The third kappa shape index (κ3) is 10.4. The highest BCUT2D eigenvalue weighted by atomic mass is 32.1. The molecule has 3 rings (SSSR count). The van der Waals surface area contributed by atoms with Crippen LogP contribution in [-0.4, -0.2) is 66.9 Å². The van der Waals surface area contributed by atoms with E-state index in [1.165, 1.54) is 24.8 Å². The van der Waals surface area contributed by atoms with Gasteiger partial charge in [-0.15, -0.1) is 11.3 Å². The Morgan fingerprint density at radius 3 is 2.59 bits per heavy atom. The number of nitrogens with zero attached hydrogens (tertiary/aromatic N) is 2. The number of benzene rings is 1. The van der Waals surface area contributed by atoms with E-state index in [4.69, 9.17) is 4.98 Å². The van der Waals surface area contributed by atoms with Crippen LogP contribution in [0.3, 0.4) is 0 Å². The fourth-order valence-corrected chi connectivity index (χ4v) is 6.05. The first-order valence-corrected chi connectivity index (χ1v) is 15.2. The van der Waals surface area contributed by atoms with Gasteiger partial charge in [-0.3, -0.25) is 14.4 Å². The summed E-state index contributed by atoms with van der Waals surface area (Å²) in [6, 6.07) is 5.30. The van der Waals surface area contributed by atoms with Gasteiger partial charge in [0, 0.05) is 38.0 Å². The molecule has 3 amide bonds. The van der Waals surface area contributed by atoms with Crippen molar-refractivity contribution in [3.8, 4) is 0 Å². The van der Waals surface area contributed by atoms with Crippen molar-refractivity contribution in [2.45, 2.75) is 83.7 Å². The Kier molecular flexibility index (Phi) is 12.4. The van der Waals surface area contributed by atoms with Crippen molar-refractivity contribution in [2.75, 3.05) is 27.2 Å². The lowest BCUT2D eigenvalue weighted by Crippen LogP contribution is -2.53. The van der Waals surface area contributed by atoms with Gasteiger partial charge in [0.15, 0.2) is 0 Å². The van der Waals surface area contributed by atoms with Crippen LogP contribution in [-0.2, 0) is 27.2 Å². The fraction of sp³-hybridized carbons (Fsp3) is 0.600. The predicted molar refractivity (Wildman–Crippen MR) is 159 cm³/mol. The zero-order valence-corrected chi connectivity index (χ0v) is 24.7. The van der Waals surface area contributed by atoms with Crippen molar-refractivity contribution < 1.29 is 14.4 Å². The van der Waals surface area contributed by atoms with Gasteiger partial charge in [0.05, 0.1) is 15.2 Å². The largest absolute Gasteiger partial charge is 0.351 e. The predicted octanol–water partition coefficient (Wildman–Crippen LogP) is 3.99. The van der Waals surface area contributed by atoms with Gasteiger partial charge < -0.3 is 20.9 Å². The normalized spacial score (nSPS) is 15.9. The van der Waals surface area contributed by atoms with Gasteiger partial charge >= 0.3 is 0 Å². The number of aromatic nitrogens is 1.